The van der Waals surface area contributed by atoms with Crippen LogP contribution in [0.5, 0.6) is 0 Å². The Morgan fingerprint density at radius 2 is 1.78 bits per heavy atom. The van der Waals surface area contributed by atoms with Crippen LogP contribution in [0.4, 0.5) is 21.6 Å². The Kier molecular flexibility index (Phi) is 10.2. The van der Waals surface area contributed by atoms with Crippen molar-refractivity contribution in [2.75, 3.05) is 43.6 Å². The van der Waals surface area contributed by atoms with Crippen molar-refractivity contribution < 1.29 is 18.7 Å². The monoisotopic (exact) mass is 732 g/mol. The highest BCUT2D eigenvalue weighted by Gasteiger charge is 2.31. The summed E-state index contributed by atoms with van der Waals surface area (Å²) in [7, 11) is 1.49. The predicted molar refractivity (Wildman–Crippen MR) is 178 cm³/mol. The van der Waals surface area contributed by atoms with Crippen molar-refractivity contribution >= 4 is 56.6 Å². The molecule has 1 fully saturated rings. The summed E-state index contributed by atoms with van der Waals surface area (Å²) in [6, 6.07) is 10.8. The molecule has 4 aromatic rings. The Hall–Kier alpha value is -3.86. The van der Waals surface area contributed by atoms with Crippen LogP contribution in [0.15, 0.2) is 56.8 Å². The number of pyridine rings is 1. The molecule has 1 aliphatic rings. The number of nitrogens with one attached hydrogen (secondary N) is 2. The summed E-state index contributed by atoms with van der Waals surface area (Å²) in [5.41, 5.74) is 4.83. The number of benzene rings is 2. The molecule has 0 aliphatic heterocycles. The number of rotatable bonds is 13. The maximum absolute atomic E-state index is 14.9. The normalized spacial score (nSPS) is 12.9. The standard InChI is InChI=1S/C31H34FIN6O6/c1-18-27-26(28(37(2)29(18)41)36-24-9-6-19(33)16-23(24)32)30(42)39(21-7-8-21)31(43)38(27)22-5-3-4-20(17-22)35-25(40)10-12-44-14-15-45-13-11-34/h3-6,9,16-17,21,36H,7-8,10-15,34H2,1-2H3,(H,35,40). The number of ether oxygens (including phenoxy) is 2. The van der Waals surface area contributed by atoms with Gasteiger partial charge in [0.15, 0.2) is 0 Å². The Labute approximate surface area is 271 Å². The van der Waals surface area contributed by atoms with Gasteiger partial charge in [-0.15, -0.1) is 0 Å². The van der Waals surface area contributed by atoms with Crippen molar-refractivity contribution in [3.05, 3.63) is 88.6 Å². The quantitative estimate of drug-likeness (QED) is 0.140. The van der Waals surface area contributed by atoms with Crippen LogP contribution in [0.25, 0.3) is 16.6 Å². The summed E-state index contributed by atoms with van der Waals surface area (Å²) in [6.07, 6.45) is 1.39. The Morgan fingerprint density at radius 3 is 2.47 bits per heavy atom. The predicted octanol–water partition coefficient (Wildman–Crippen LogP) is 3.30. The molecule has 4 N–H and O–H groups in total. The lowest BCUT2D eigenvalue weighted by Crippen LogP contribution is -2.41. The molecule has 1 amide bonds. The average Bonchev–Trinajstić information content (AvgIpc) is 3.84. The van der Waals surface area contributed by atoms with E-state index in [1.54, 1.807) is 37.3 Å². The van der Waals surface area contributed by atoms with E-state index in [-0.39, 0.29) is 52.9 Å². The van der Waals surface area contributed by atoms with Gasteiger partial charge < -0.3 is 25.8 Å². The minimum absolute atomic E-state index is 0.0618. The second-order valence-electron chi connectivity index (χ2n) is 10.7. The molecule has 1 saturated carbocycles. The van der Waals surface area contributed by atoms with Gasteiger partial charge in [-0.25, -0.2) is 9.18 Å². The van der Waals surface area contributed by atoms with Gasteiger partial charge in [0.05, 0.1) is 49.7 Å². The summed E-state index contributed by atoms with van der Waals surface area (Å²) < 4.78 is 30.1. The number of nitrogens with two attached hydrogens (primary N) is 1. The highest BCUT2D eigenvalue weighted by atomic mass is 127. The molecule has 0 bridgehead atoms. The Morgan fingerprint density at radius 1 is 1.04 bits per heavy atom. The number of fused-ring (bicyclic) bond motifs is 1. The van der Waals surface area contributed by atoms with E-state index in [9.17, 15) is 23.6 Å². The largest absolute Gasteiger partial charge is 0.379 e. The fourth-order valence-electron chi connectivity index (χ4n) is 5.09. The van der Waals surface area contributed by atoms with E-state index in [1.807, 2.05) is 22.6 Å². The third-order valence-corrected chi connectivity index (χ3v) is 8.11. The zero-order chi connectivity index (χ0) is 32.2. The zero-order valence-electron chi connectivity index (χ0n) is 24.9. The number of aromatic nitrogens is 3. The third-order valence-electron chi connectivity index (χ3n) is 7.44. The van der Waals surface area contributed by atoms with Gasteiger partial charge >= 0.3 is 5.69 Å². The molecule has 0 atom stereocenters. The van der Waals surface area contributed by atoms with Crippen molar-refractivity contribution in [3.8, 4) is 5.69 Å². The average molecular weight is 733 g/mol. The SMILES string of the molecule is Cc1c(=O)n(C)c(Nc2ccc(I)cc2F)c2c(=O)n(C3CC3)c(=O)n(-c3cccc(NC(=O)CCOCCOCCN)c3)c12. The van der Waals surface area contributed by atoms with Gasteiger partial charge in [-0.1, -0.05) is 6.07 Å². The van der Waals surface area contributed by atoms with Crippen LogP contribution < -0.4 is 33.2 Å². The van der Waals surface area contributed by atoms with Crippen LogP contribution in [0.2, 0.25) is 0 Å². The second-order valence-corrected chi connectivity index (χ2v) is 11.9. The number of nitrogens with zero attached hydrogens (tertiary/aromatic N) is 3. The van der Waals surface area contributed by atoms with Gasteiger partial charge in [0.1, 0.15) is 17.0 Å². The number of carbonyl (C=O) groups excluding carboxylic acids is 1. The molecular weight excluding hydrogens is 698 g/mol. The minimum Gasteiger partial charge on any atom is -0.379 e. The van der Waals surface area contributed by atoms with E-state index in [0.29, 0.717) is 54.2 Å². The van der Waals surface area contributed by atoms with Crippen LogP contribution in [0, 0.1) is 16.3 Å². The maximum Gasteiger partial charge on any atom is 0.336 e. The summed E-state index contributed by atoms with van der Waals surface area (Å²) in [5, 5.41) is 5.84. The topological polar surface area (TPSA) is 152 Å². The highest BCUT2D eigenvalue weighted by molar-refractivity contribution is 14.1. The molecule has 0 saturated heterocycles. The van der Waals surface area contributed by atoms with Crippen molar-refractivity contribution in [2.24, 2.45) is 12.8 Å². The van der Waals surface area contributed by atoms with Crippen LogP contribution >= 0.6 is 22.6 Å². The number of aryl methyl sites for hydroxylation is 1. The fourth-order valence-corrected chi connectivity index (χ4v) is 5.54. The lowest BCUT2D eigenvalue weighted by molar-refractivity contribution is -0.117. The first-order valence-corrected chi connectivity index (χ1v) is 15.6. The van der Waals surface area contributed by atoms with Gasteiger partial charge in [0.25, 0.3) is 11.1 Å². The molecular formula is C31H34FIN6O6. The van der Waals surface area contributed by atoms with E-state index < -0.39 is 22.6 Å². The van der Waals surface area contributed by atoms with Crippen molar-refractivity contribution in [3.63, 3.8) is 0 Å². The molecule has 1 aliphatic carbocycles. The first-order chi connectivity index (χ1) is 21.6. The van der Waals surface area contributed by atoms with Crippen molar-refractivity contribution in [1.82, 2.24) is 13.7 Å². The molecule has 0 radical (unpaired) electrons. The fraction of sp³-hybridized carbons (Fsp3) is 0.355. The van der Waals surface area contributed by atoms with Crippen LogP contribution in [0.1, 0.15) is 30.9 Å². The number of amides is 1. The van der Waals surface area contributed by atoms with Crippen LogP contribution in [-0.2, 0) is 21.3 Å². The molecule has 2 aromatic carbocycles. The van der Waals surface area contributed by atoms with Gasteiger partial charge in [0, 0.05) is 34.5 Å². The number of anilines is 3. The van der Waals surface area contributed by atoms with Crippen molar-refractivity contribution in [1.29, 1.82) is 0 Å². The van der Waals surface area contributed by atoms with E-state index in [0.717, 1.165) is 0 Å². The summed E-state index contributed by atoms with van der Waals surface area (Å²) >= 11 is 1.99. The molecule has 14 heteroatoms. The molecule has 2 aromatic heterocycles. The summed E-state index contributed by atoms with van der Waals surface area (Å²) in [4.78, 5) is 54.2. The highest BCUT2D eigenvalue weighted by Crippen LogP contribution is 2.34. The van der Waals surface area contributed by atoms with Gasteiger partial charge in [0.2, 0.25) is 5.91 Å². The van der Waals surface area contributed by atoms with E-state index in [4.69, 9.17) is 15.2 Å². The number of hydrogen-bond acceptors (Lipinski definition) is 8. The molecule has 238 valence electrons. The second kappa shape index (κ2) is 14.1. The number of hydrogen-bond donors (Lipinski definition) is 3. The first kappa shape index (κ1) is 32.5. The summed E-state index contributed by atoms with van der Waals surface area (Å²) in [5.74, 6) is -0.800. The van der Waals surface area contributed by atoms with Crippen LogP contribution in [0.3, 0.4) is 0 Å². The molecule has 12 nitrogen and oxygen atoms in total. The van der Waals surface area contributed by atoms with E-state index in [1.165, 1.54) is 32.9 Å². The minimum atomic E-state index is -0.605. The molecule has 0 spiro atoms. The maximum atomic E-state index is 14.9. The van der Waals surface area contributed by atoms with E-state index >= 15 is 0 Å². The van der Waals surface area contributed by atoms with E-state index in [2.05, 4.69) is 10.6 Å². The number of carbonyl (C=O) groups is 1. The molecule has 0 unspecified atom stereocenters. The zero-order valence-corrected chi connectivity index (χ0v) is 27.1. The van der Waals surface area contributed by atoms with Gasteiger partial charge in [-0.05, 0) is 78.8 Å². The smallest absolute Gasteiger partial charge is 0.336 e. The molecule has 2 heterocycles. The van der Waals surface area contributed by atoms with Gasteiger partial charge in [-0.3, -0.25) is 28.1 Å². The lowest BCUT2D eigenvalue weighted by Gasteiger charge is -2.21. The first-order valence-electron chi connectivity index (χ1n) is 14.5. The third kappa shape index (κ3) is 7.03. The Balaban J connectivity index is 1.57. The lowest BCUT2D eigenvalue weighted by atomic mass is 10.1. The van der Waals surface area contributed by atoms with Gasteiger partial charge in [-0.2, -0.15) is 0 Å². The number of halogens is 2. The summed E-state index contributed by atoms with van der Waals surface area (Å²) in [6.45, 7) is 3.31. The molecule has 45 heavy (non-hydrogen) atoms. The molecule has 5 rings (SSSR count). The van der Waals surface area contributed by atoms with Crippen LogP contribution in [-0.4, -0.2) is 52.6 Å². The Bertz CT molecular complexity index is 1930. The van der Waals surface area contributed by atoms with Crippen molar-refractivity contribution in [2.45, 2.75) is 32.2 Å².